The Morgan fingerprint density at radius 3 is 1.96 bits per heavy atom. The van der Waals surface area contributed by atoms with Gasteiger partial charge >= 0.3 is 5.97 Å². The van der Waals surface area contributed by atoms with Crippen molar-refractivity contribution < 1.29 is 9.53 Å². The van der Waals surface area contributed by atoms with Crippen LogP contribution in [0.3, 0.4) is 0 Å². The third kappa shape index (κ3) is 4.56. The highest BCUT2D eigenvalue weighted by Gasteiger charge is 2.34. The monoisotopic (exact) mass is 344 g/mol. The number of hydrogen-bond acceptors (Lipinski definition) is 2. The fourth-order valence-corrected chi connectivity index (χ4v) is 6.60. The Balaban J connectivity index is 2.13. The van der Waals surface area contributed by atoms with Gasteiger partial charge in [-0.3, -0.25) is 0 Å². The molecule has 2 rings (SSSR count). The first kappa shape index (κ1) is 17.5. The zero-order valence-electron chi connectivity index (χ0n) is 13.3. The Morgan fingerprint density at radius 1 is 1.04 bits per heavy atom. The molecule has 0 heterocycles. The van der Waals surface area contributed by atoms with E-state index in [4.69, 9.17) is 15.8 Å². The molecule has 23 heavy (non-hydrogen) atoms. The van der Waals surface area contributed by atoms with E-state index in [1.807, 2.05) is 36.4 Å². The molecule has 0 amide bonds. The third-order valence-electron chi connectivity index (χ3n) is 3.71. The summed E-state index contributed by atoms with van der Waals surface area (Å²) in [6.07, 6.45) is 0.735. The van der Waals surface area contributed by atoms with Crippen molar-refractivity contribution in [3.8, 4) is 0 Å². The lowest BCUT2D eigenvalue weighted by molar-refractivity contribution is -0.138. The van der Waals surface area contributed by atoms with Crippen LogP contribution >= 0.6 is 11.1 Å². The molecule has 0 aliphatic rings. The second-order valence-corrected chi connectivity index (χ2v) is 10.7. The van der Waals surface area contributed by atoms with E-state index in [1.165, 1.54) is 10.4 Å². The van der Waals surface area contributed by atoms with Crippen molar-refractivity contribution >= 4 is 34.8 Å². The molecule has 0 aliphatic carbocycles. The molecule has 0 aromatic heterocycles. The Bertz CT molecular complexity index is 616. The van der Waals surface area contributed by atoms with Crippen molar-refractivity contribution in [2.24, 2.45) is 0 Å². The van der Waals surface area contributed by atoms with E-state index in [2.05, 4.69) is 30.8 Å². The van der Waals surface area contributed by atoms with Gasteiger partial charge in [0.15, 0.2) is 0 Å². The van der Waals surface area contributed by atoms with Gasteiger partial charge in [0.05, 0.1) is 6.61 Å². The van der Waals surface area contributed by atoms with Gasteiger partial charge in [0.25, 0.3) is 0 Å². The van der Waals surface area contributed by atoms with Gasteiger partial charge < -0.3 is 4.74 Å². The summed E-state index contributed by atoms with van der Waals surface area (Å²) in [7, 11) is -2.34. The van der Waals surface area contributed by atoms with Crippen molar-refractivity contribution in [2.75, 3.05) is 6.61 Å². The normalized spacial score (nSPS) is 11.0. The minimum atomic E-state index is -2.34. The van der Waals surface area contributed by atoms with E-state index in [9.17, 15) is 4.79 Å². The summed E-state index contributed by atoms with van der Waals surface area (Å²) >= 11 is 7.15. The summed E-state index contributed by atoms with van der Waals surface area (Å²) < 4.78 is 5.20. The van der Waals surface area contributed by atoms with Crippen LogP contribution in [0.25, 0.3) is 0 Å². The van der Waals surface area contributed by atoms with E-state index in [1.54, 1.807) is 6.92 Å². The van der Waals surface area contributed by atoms with Crippen LogP contribution in [0.4, 0.5) is 0 Å². The van der Waals surface area contributed by atoms with Crippen LogP contribution in [0.15, 0.2) is 72.8 Å². The van der Waals surface area contributed by atoms with Gasteiger partial charge in [0.1, 0.15) is 0 Å². The fourth-order valence-electron chi connectivity index (χ4n) is 2.46. The molecule has 0 atom stereocenters. The van der Waals surface area contributed by atoms with Crippen molar-refractivity contribution in [3.05, 3.63) is 72.8 Å². The van der Waals surface area contributed by atoms with E-state index < -0.39 is 7.38 Å². The number of rotatable bonds is 7. The van der Waals surface area contributed by atoms with Crippen LogP contribution in [-0.4, -0.2) is 20.0 Å². The number of hydrogen-bond donors (Lipinski definition) is 0. The summed E-state index contributed by atoms with van der Waals surface area (Å²) in [6, 6.07) is 21.2. The first-order chi connectivity index (χ1) is 11.0. The quantitative estimate of drug-likeness (QED) is 0.253. The van der Waals surface area contributed by atoms with Crippen molar-refractivity contribution in [1.82, 2.24) is 0 Å². The first-order valence-electron chi connectivity index (χ1n) is 7.66. The van der Waals surface area contributed by atoms with Crippen LogP contribution in [0, 0.1) is 0 Å². The minimum absolute atomic E-state index is 0.341. The Labute approximate surface area is 143 Å². The zero-order chi connectivity index (χ0) is 16.7. The van der Waals surface area contributed by atoms with Gasteiger partial charge in [0, 0.05) is 5.57 Å². The largest absolute Gasteiger partial charge is 0.462 e. The highest BCUT2D eigenvalue weighted by Crippen LogP contribution is 2.18. The van der Waals surface area contributed by atoms with E-state index in [-0.39, 0.29) is 5.97 Å². The Morgan fingerprint density at radius 2 is 1.52 bits per heavy atom. The van der Waals surface area contributed by atoms with E-state index >= 15 is 0 Å². The zero-order valence-corrected chi connectivity index (χ0v) is 15.1. The molecule has 2 nitrogen and oxygen atoms in total. The lowest BCUT2D eigenvalue weighted by Gasteiger charge is -2.25. The van der Waals surface area contributed by atoms with Crippen LogP contribution < -0.4 is 10.4 Å². The second kappa shape index (κ2) is 8.13. The van der Waals surface area contributed by atoms with Crippen LogP contribution in [-0.2, 0) is 9.53 Å². The molecule has 2 aromatic carbocycles. The lowest BCUT2D eigenvalue weighted by Crippen LogP contribution is -2.53. The highest BCUT2D eigenvalue weighted by atomic mass is 35.6. The van der Waals surface area contributed by atoms with Crippen LogP contribution in [0.5, 0.6) is 0 Å². The van der Waals surface area contributed by atoms with Gasteiger partial charge in [-0.1, -0.05) is 67.2 Å². The Hall–Kier alpha value is -1.84. The summed E-state index contributed by atoms with van der Waals surface area (Å²) in [6.45, 7) is 5.60. The summed E-state index contributed by atoms with van der Waals surface area (Å²) in [4.78, 5) is 11.5. The molecule has 0 aliphatic heterocycles. The summed E-state index contributed by atoms with van der Waals surface area (Å²) in [5.74, 6) is -0.341. The van der Waals surface area contributed by atoms with Gasteiger partial charge in [-0.15, -0.1) is 0 Å². The lowest BCUT2D eigenvalue weighted by atomic mass is 10.4. The van der Waals surface area contributed by atoms with Crippen molar-refractivity contribution in [1.29, 1.82) is 0 Å². The van der Waals surface area contributed by atoms with E-state index in [0.29, 0.717) is 12.2 Å². The summed E-state index contributed by atoms with van der Waals surface area (Å²) in [5, 5.41) is 2.36. The topological polar surface area (TPSA) is 26.3 Å². The average Bonchev–Trinajstić information content (AvgIpc) is 2.59. The summed E-state index contributed by atoms with van der Waals surface area (Å²) in [5.41, 5.74) is 0.422. The maximum atomic E-state index is 11.5. The van der Waals surface area contributed by atoms with Crippen molar-refractivity contribution in [2.45, 2.75) is 19.4 Å². The minimum Gasteiger partial charge on any atom is -0.462 e. The number of carbonyl (C=O) groups is 1. The molecule has 0 saturated heterocycles. The maximum absolute atomic E-state index is 11.5. The van der Waals surface area contributed by atoms with Gasteiger partial charge in [-0.25, -0.2) is 4.79 Å². The molecule has 0 fully saturated rings. The predicted octanol–water partition coefficient (Wildman–Crippen LogP) is 3.49. The number of esters is 1. The van der Waals surface area contributed by atoms with Crippen LogP contribution in [0.1, 0.15) is 13.3 Å². The number of ether oxygens (including phenoxy) is 1. The number of halogens is 1. The molecular weight excluding hydrogens is 324 g/mol. The second-order valence-electron chi connectivity index (χ2n) is 5.55. The predicted molar refractivity (Wildman–Crippen MR) is 99.0 cm³/mol. The highest BCUT2D eigenvalue weighted by molar-refractivity contribution is 7.34. The SMILES string of the molecule is C=C(C)C(=O)OCCC[Si](Cl)(c1ccccc1)c1ccccc1. The molecule has 2 aromatic rings. The average molecular weight is 345 g/mol. The standard InChI is InChI=1S/C19H21ClO2Si/c1-16(2)19(21)22-14-9-15-23(20,17-10-5-3-6-11-17)18-12-7-4-8-13-18/h3-8,10-13H,1,9,14-15H2,2H3. The van der Waals surface area contributed by atoms with Crippen LogP contribution in [0.2, 0.25) is 6.04 Å². The third-order valence-corrected chi connectivity index (χ3v) is 9.13. The molecule has 0 radical (unpaired) electrons. The molecular formula is C19H21ClO2Si. The molecule has 0 unspecified atom stereocenters. The maximum Gasteiger partial charge on any atom is 0.333 e. The first-order valence-corrected chi connectivity index (χ1v) is 10.9. The Kier molecular flexibility index (Phi) is 6.19. The van der Waals surface area contributed by atoms with Gasteiger partial charge in [-0.05, 0) is 29.8 Å². The smallest absolute Gasteiger partial charge is 0.333 e. The number of carbonyl (C=O) groups excluding carboxylic acids is 1. The van der Waals surface area contributed by atoms with Gasteiger partial charge in [0.2, 0.25) is 7.38 Å². The van der Waals surface area contributed by atoms with E-state index in [0.717, 1.165) is 12.5 Å². The molecule has 120 valence electrons. The fraction of sp³-hybridized carbons (Fsp3) is 0.211. The molecule has 4 heteroatoms. The van der Waals surface area contributed by atoms with Crippen molar-refractivity contribution in [3.63, 3.8) is 0 Å². The molecule has 0 spiro atoms. The molecule has 0 N–H and O–H groups in total. The molecule has 0 saturated carbocycles. The molecule has 0 bridgehead atoms. The van der Waals surface area contributed by atoms with Gasteiger partial charge in [-0.2, -0.15) is 11.1 Å². The number of benzene rings is 2.